The molecule has 0 aliphatic carbocycles. The van der Waals surface area contributed by atoms with E-state index >= 15 is 0 Å². The van der Waals surface area contributed by atoms with Crippen LogP contribution in [0.15, 0.2) is 24.3 Å². The smallest absolute Gasteiger partial charge is 0.387 e. The number of ether oxygens (including phenoxy) is 1. The quantitative estimate of drug-likeness (QED) is 0.883. The van der Waals surface area contributed by atoms with E-state index in [9.17, 15) is 18.7 Å². The summed E-state index contributed by atoms with van der Waals surface area (Å²) in [6, 6.07) is 5.52. The number of nitrogens with zero attached hydrogens (tertiary/aromatic N) is 1. The molecular formula is C12H14F2N2O3. The molecule has 1 fully saturated rings. The Bertz CT molecular complexity index is 456. The third-order valence-electron chi connectivity index (χ3n) is 2.80. The fraction of sp³-hybridized carbons (Fsp3) is 0.417. The Labute approximate surface area is 108 Å². The number of anilines is 1. The summed E-state index contributed by atoms with van der Waals surface area (Å²) in [4.78, 5) is 13.3. The molecule has 0 unspecified atom stereocenters. The number of carbonyl (C=O) groups is 1. The summed E-state index contributed by atoms with van der Waals surface area (Å²) in [5.74, 6) is -0.0920. The summed E-state index contributed by atoms with van der Waals surface area (Å²) < 4.78 is 28.7. The van der Waals surface area contributed by atoms with Crippen molar-refractivity contribution in [2.75, 3.05) is 18.4 Å². The van der Waals surface area contributed by atoms with Gasteiger partial charge in [-0.05, 0) is 18.6 Å². The molecule has 1 aliphatic rings. The van der Waals surface area contributed by atoms with Crippen LogP contribution in [-0.2, 0) is 0 Å². The van der Waals surface area contributed by atoms with Gasteiger partial charge >= 0.3 is 12.6 Å². The van der Waals surface area contributed by atoms with Gasteiger partial charge in [0.05, 0.1) is 11.8 Å². The van der Waals surface area contributed by atoms with Gasteiger partial charge in [-0.15, -0.1) is 0 Å². The number of carbonyl (C=O) groups excluding carboxylic acids is 1. The van der Waals surface area contributed by atoms with Crippen LogP contribution in [0.25, 0.3) is 0 Å². The van der Waals surface area contributed by atoms with Crippen LogP contribution in [0.2, 0.25) is 0 Å². The first kappa shape index (κ1) is 13.5. The average molecular weight is 272 g/mol. The number of β-amino-alcohol motifs (C(OH)–C–C–N with tert-alkyl or cyclic N) is 1. The van der Waals surface area contributed by atoms with Crippen molar-refractivity contribution in [1.82, 2.24) is 4.90 Å². The number of para-hydroxylation sites is 2. The number of rotatable bonds is 3. The highest BCUT2D eigenvalue weighted by atomic mass is 19.3. The monoisotopic (exact) mass is 272 g/mol. The number of benzene rings is 1. The molecule has 0 radical (unpaired) electrons. The number of halogens is 2. The van der Waals surface area contributed by atoms with Crippen LogP contribution in [-0.4, -0.2) is 41.8 Å². The third kappa shape index (κ3) is 3.54. The lowest BCUT2D eigenvalue weighted by Gasteiger charge is -2.18. The highest BCUT2D eigenvalue weighted by Gasteiger charge is 2.25. The third-order valence-corrected chi connectivity index (χ3v) is 2.80. The van der Waals surface area contributed by atoms with Crippen molar-refractivity contribution in [2.24, 2.45) is 0 Å². The van der Waals surface area contributed by atoms with Crippen molar-refractivity contribution in [3.05, 3.63) is 24.3 Å². The summed E-state index contributed by atoms with van der Waals surface area (Å²) in [5.41, 5.74) is 0.175. The fourth-order valence-corrected chi connectivity index (χ4v) is 1.89. The van der Waals surface area contributed by atoms with E-state index in [1.54, 1.807) is 6.07 Å². The maximum Gasteiger partial charge on any atom is 0.387 e. The van der Waals surface area contributed by atoms with Crippen molar-refractivity contribution in [1.29, 1.82) is 0 Å². The first-order valence-corrected chi connectivity index (χ1v) is 5.84. The molecule has 0 bridgehead atoms. The van der Waals surface area contributed by atoms with E-state index < -0.39 is 18.7 Å². The van der Waals surface area contributed by atoms with E-state index in [4.69, 9.17) is 0 Å². The number of alkyl halides is 2. The molecule has 7 heteroatoms. The van der Waals surface area contributed by atoms with Crippen LogP contribution in [0, 0.1) is 0 Å². The molecule has 1 aliphatic heterocycles. The lowest BCUT2D eigenvalue weighted by atomic mass is 10.3. The second-order valence-corrected chi connectivity index (χ2v) is 4.19. The van der Waals surface area contributed by atoms with Crippen LogP contribution < -0.4 is 10.1 Å². The topological polar surface area (TPSA) is 61.8 Å². The van der Waals surface area contributed by atoms with Gasteiger partial charge in [-0.3, -0.25) is 0 Å². The minimum Gasteiger partial charge on any atom is -0.433 e. The minimum absolute atomic E-state index is 0.0920. The van der Waals surface area contributed by atoms with E-state index in [1.807, 2.05) is 0 Å². The number of aliphatic hydroxyl groups excluding tert-OH is 1. The minimum atomic E-state index is -2.95. The normalized spacial score (nSPS) is 18.7. The molecule has 1 atom stereocenters. The van der Waals surface area contributed by atoms with Crippen molar-refractivity contribution in [3.8, 4) is 5.75 Å². The number of amides is 2. The highest BCUT2D eigenvalue weighted by molar-refractivity contribution is 5.91. The van der Waals surface area contributed by atoms with Crippen molar-refractivity contribution < 1.29 is 23.4 Å². The van der Waals surface area contributed by atoms with Gasteiger partial charge in [0.15, 0.2) is 0 Å². The van der Waals surface area contributed by atoms with Gasteiger partial charge < -0.3 is 20.1 Å². The van der Waals surface area contributed by atoms with E-state index in [0.717, 1.165) is 0 Å². The van der Waals surface area contributed by atoms with E-state index in [1.165, 1.54) is 23.1 Å². The van der Waals surface area contributed by atoms with E-state index in [2.05, 4.69) is 10.1 Å². The first-order valence-electron chi connectivity index (χ1n) is 5.84. The fourth-order valence-electron chi connectivity index (χ4n) is 1.89. The molecule has 1 saturated heterocycles. The largest absolute Gasteiger partial charge is 0.433 e. The van der Waals surface area contributed by atoms with Gasteiger partial charge in [0.1, 0.15) is 5.75 Å². The van der Waals surface area contributed by atoms with Gasteiger partial charge in [-0.25, -0.2) is 4.79 Å². The predicted octanol–water partition coefficient (Wildman–Crippen LogP) is 1.89. The molecule has 0 saturated carbocycles. The number of urea groups is 1. The molecule has 1 aromatic carbocycles. The van der Waals surface area contributed by atoms with Gasteiger partial charge in [-0.2, -0.15) is 8.78 Å². The second-order valence-electron chi connectivity index (χ2n) is 4.19. The van der Waals surface area contributed by atoms with Crippen LogP contribution in [0.4, 0.5) is 19.3 Å². The zero-order chi connectivity index (χ0) is 13.8. The SMILES string of the molecule is O=C(Nc1ccccc1OC(F)F)N1CC[C@H](O)C1. The summed E-state index contributed by atoms with van der Waals surface area (Å²) in [6.07, 6.45) is -0.0129. The molecular weight excluding hydrogens is 258 g/mol. The molecule has 1 aromatic rings. The molecule has 2 amide bonds. The molecule has 0 spiro atoms. The second kappa shape index (κ2) is 5.83. The Kier molecular flexibility index (Phi) is 4.16. The van der Waals surface area contributed by atoms with Gasteiger partial charge in [-0.1, -0.05) is 12.1 Å². The van der Waals surface area contributed by atoms with Crippen LogP contribution in [0.1, 0.15) is 6.42 Å². The Balaban J connectivity index is 2.04. The van der Waals surface area contributed by atoms with Crippen molar-refractivity contribution >= 4 is 11.7 Å². The molecule has 1 heterocycles. The number of likely N-dealkylation sites (tertiary alicyclic amines) is 1. The van der Waals surface area contributed by atoms with Crippen LogP contribution in [0.5, 0.6) is 5.75 Å². The maximum absolute atomic E-state index is 12.2. The molecule has 2 N–H and O–H groups in total. The van der Waals surface area contributed by atoms with Crippen LogP contribution in [0.3, 0.4) is 0 Å². The predicted molar refractivity (Wildman–Crippen MR) is 64.3 cm³/mol. The number of nitrogens with one attached hydrogen (secondary N) is 1. The zero-order valence-corrected chi connectivity index (χ0v) is 10.1. The Morgan fingerprint density at radius 1 is 1.47 bits per heavy atom. The molecule has 5 nitrogen and oxygen atoms in total. The van der Waals surface area contributed by atoms with Gasteiger partial charge in [0.25, 0.3) is 0 Å². The molecule has 0 aromatic heterocycles. The summed E-state index contributed by atoms with van der Waals surface area (Å²) >= 11 is 0. The number of aliphatic hydroxyl groups is 1. The molecule has 19 heavy (non-hydrogen) atoms. The standard InChI is InChI=1S/C12H14F2N2O3/c13-11(14)19-10-4-2-1-3-9(10)15-12(18)16-6-5-8(17)7-16/h1-4,8,11,17H,5-7H2,(H,15,18)/t8-/m0/s1. The zero-order valence-electron chi connectivity index (χ0n) is 10.1. The molecule has 2 rings (SSSR count). The van der Waals surface area contributed by atoms with Crippen molar-refractivity contribution in [2.45, 2.75) is 19.1 Å². The van der Waals surface area contributed by atoms with Crippen LogP contribution >= 0.6 is 0 Å². The Morgan fingerprint density at radius 2 is 2.21 bits per heavy atom. The first-order chi connectivity index (χ1) is 9.06. The summed E-state index contributed by atoms with van der Waals surface area (Å²) in [5, 5.41) is 11.8. The summed E-state index contributed by atoms with van der Waals surface area (Å²) in [7, 11) is 0. The van der Waals surface area contributed by atoms with E-state index in [-0.39, 0.29) is 18.0 Å². The Morgan fingerprint density at radius 3 is 2.84 bits per heavy atom. The highest BCUT2D eigenvalue weighted by Crippen LogP contribution is 2.26. The average Bonchev–Trinajstić information content (AvgIpc) is 2.78. The number of hydrogen-bond acceptors (Lipinski definition) is 3. The van der Waals surface area contributed by atoms with Gasteiger partial charge in [0.2, 0.25) is 0 Å². The van der Waals surface area contributed by atoms with E-state index in [0.29, 0.717) is 13.0 Å². The van der Waals surface area contributed by atoms with Gasteiger partial charge in [0, 0.05) is 13.1 Å². The number of hydrogen-bond donors (Lipinski definition) is 2. The maximum atomic E-state index is 12.2. The molecule has 104 valence electrons. The summed E-state index contributed by atoms with van der Waals surface area (Å²) in [6.45, 7) is -2.28. The lowest BCUT2D eigenvalue weighted by molar-refractivity contribution is -0.0493. The van der Waals surface area contributed by atoms with Crippen molar-refractivity contribution in [3.63, 3.8) is 0 Å². The lowest BCUT2D eigenvalue weighted by Crippen LogP contribution is -2.33. The Hall–Kier alpha value is -1.89.